The van der Waals surface area contributed by atoms with E-state index < -0.39 is 40.8 Å². The number of hydrogen-bond donors (Lipinski definition) is 5. The minimum Gasteiger partial charge on any atom is -0.390 e. The van der Waals surface area contributed by atoms with Crippen LogP contribution in [0.4, 0.5) is 0 Å². The third kappa shape index (κ3) is 5.54. The van der Waals surface area contributed by atoms with Crippen molar-refractivity contribution in [3.63, 3.8) is 0 Å². The zero-order valence-electron chi connectivity index (χ0n) is 8.32. The molecule has 0 aromatic rings. The van der Waals surface area contributed by atoms with Gasteiger partial charge in [-0.1, -0.05) is 0 Å². The number of aliphatic hydroxyl groups excluding tert-OH is 2. The zero-order valence-corrected chi connectivity index (χ0v) is 10.1. The van der Waals surface area contributed by atoms with Crippen molar-refractivity contribution in [3.8, 4) is 0 Å². The van der Waals surface area contributed by atoms with E-state index in [9.17, 15) is 14.2 Å². The maximum Gasteiger partial charge on any atom is 0.481 e. The van der Waals surface area contributed by atoms with Gasteiger partial charge in [0.05, 0.1) is 12.7 Å². The van der Waals surface area contributed by atoms with Crippen molar-refractivity contribution in [1.29, 1.82) is 0 Å². The summed E-state index contributed by atoms with van der Waals surface area (Å²) in [7, 11) is -10.1. The second-order valence-corrected chi connectivity index (χ2v) is 6.10. The van der Waals surface area contributed by atoms with Crippen LogP contribution in [0, 0.1) is 0 Å². The summed E-state index contributed by atoms with van der Waals surface area (Å²) in [4.78, 5) is 25.5. The van der Waals surface area contributed by atoms with E-state index in [1.807, 2.05) is 0 Å². The number of rotatable bonds is 5. The molecule has 17 heavy (non-hydrogen) atoms. The predicted molar refractivity (Wildman–Crippen MR) is 50.4 cm³/mol. The van der Waals surface area contributed by atoms with Gasteiger partial charge < -0.3 is 29.6 Å². The van der Waals surface area contributed by atoms with Crippen LogP contribution in [-0.2, 0) is 22.7 Å². The van der Waals surface area contributed by atoms with Gasteiger partial charge in [-0.3, -0.25) is 4.52 Å². The summed E-state index contributed by atoms with van der Waals surface area (Å²) in [5.74, 6) is 0. The summed E-state index contributed by atoms with van der Waals surface area (Å²) in [6.07, 6.45) is -3.51. The highest BCUT2D eigenvalue weighted by Crippen LogP contribution is 2.57. The first kappa shape index (κ1) is 15.2. The molecule has 12 heteroatoms. The molecule has 0 bridgehead atoms. The van der Waals surface area contributed by atoms with Gasteiger partial charge in [0.1, 0.15) is 6.10 Å². The van der Waals surface area contributed by atoms with Crippen LogP contribution >= 0.6 is 15.6 Å². The maximum atomic E-state index is 11.0. The van der Waals surface area contributed by atoms with Crippen molar-refractivity contribution in [2.75, 3.05) is 6.61 Å². The highest BCUT2D eigenvalue weighted by atomic mass is 31.3. The maximum absolute atomic E-state index is 11.0. The van der Waals surface area contributed by atoms with Crippen LogP contribution in [0.1, 0.15) is 6.42 Å². The lowest BCUT2D eigenvalue weighted by Crippen LogP contribution is -2.26. The summed E-state index contributed by atoms with van der Waals surface area (Å²) in [6, 6.07) is 0. The van der Waals surface area contributed by atoms with Gasteiger partial charge in [0, 0.05) is 6.42 Å². The molecule has 0 spiro atoms. The van der Waals surface area contributed by atoms with Crippen LogP contribution in [-0.4, -0.2) is 50.0 Å². The molecule has 10 nitrogen and oxygen atoms in total. The van der Waals surface area contributed by atoms with Crippen LogP contribution in [0.25, 0.3) is 0 Å². The summed E-state index contributed by atoms with van der Waals surface area (Å²) in [5.41, 5.74) is 0. The largest absolute Gasteiger partial charge is 0.481 e. The van der Waals surface area contributed by atoms with E-state index in [4.69, 9.17) is 24.5 Å². The number of ether oxygens (including phenoxy) is 1. The predicted octanol–water partition coefficient (Wildman–Crippen LogP) is -1.32. The third-order valence-electron chi connectivity index (χ3n) is 1.82. The molecule has 1 heterocycles. The van der Waals surface area contributed by atoms with Crippen LogP contribution in [0.5, 0.6) is 0 Å². The van der Waals surface area contributed by atoms with Crippen molar-refractivity contribution >= 4 is 15.6 Å². The van der Waals surface area contributed by atoms with Crippen LogP contribution < -0.4 is 0 Å². The number of phosphoric acid groups is 2. The molecule has 0 aliphatic carbocycles. The van der Waals surface area contributed by atoms with Gasteiger partial charge in [0.15, 0.2) is 6.29 Å². The summed E-state index contributed by atoms with van der Waals surface area (Å²) in [6.45, 7) is -0.661. The SMILES string of the molecule is O=P(O)(O)OP(=O)(O)OC[C@H]1O[C@H](O)C[C@@H]1O. The molecule has 0 amide bonds. The van der Waals surface area contributed by atoms with E-state index >= 15 is 0 Å². The molecule has 5 N–H and O–H groups in total. The fourth-order valence-electron chi connectivity index (χ4n) is 1.18. The van der Waals surface area contributed by atoms with E-state index in [-0.39, 0.29) is 6.42 Å². The monoisotopic (exact) mass is 294 g/mol. The second kappa shape index (κ2) is 5.41. The third-order valence-corrected chi connectivity index (χ3v) is 3.97. The average molecular weight is 294 g/mol. The molecule has 1 aliphatic heterocycles. The summed E-state index contributed by atoms with van der Waals surface area (Å²) < 4.78 is 33.7. The molecule has 0 radical (unpaired) electrons. The average Bonchev–Trinajstić information content (AvgIpc) is 2.37. The van der Waals surface area contributed by atoms with Crippen LogP contribution in [0.15, 0.2) is 0 Å². The van der Waals surface area contributed by atoms with Crippen molar-refractivity contribution in [1.82, 2.24) is 0 Å². The second-order valence-electron chi connectivity index (χ2n) is 3.27. The van der Waals surface area contributed by atoms with Gasteiger partial charge in [0.2, 0.25) is 0 Å². The first-order chi connectivity index (χ1) is 7.59. The van der Waals surface area contributed by atoms with Crippen LogP contribution in [0.3, 0.4) is 0 Å². The molecule has 1 rings (SSSR count). The molecule has 0 aromatic carbocycles. The Balaban J connectivity index is 2.45. The fraction of sp³-hybridized carbons (Fsp3) is 1.00. The summed E-state index contributed by atoms with van der Waals surface area (Å²) >= 11 is 0. The fourth-order valence-corrected chi connectivity index (χ4v) is 2.78. The first-order valence-electron chi connectivity index (χ1n) is 4.35. The van der Waals surface area contributed by atoms with Gasteiger partial charge in [-0.2, -0.15) is 4.31 Å². The Morgan fingerprint density at radius 1 is 1.24 bits per heavy atom. The number of hydrogen-bond acceptors (Lipinski definition) is 7. The Morgan fingerprint density at radius 2 is 1.82 bits per heavy atom. The van der Waals surface area contributed by atoms with Crippen LogP contribution in [0.2, 0.25) is 0 Å². The molecular formula is C5H12O10P2. The lowest BCUT2D eigenvalue weighted by Gasteiger charge is -2.16. The molecule has 0 saturated carbocycles. The first-order valence-corrected chi connectivity index (χ1v) is 7.37. The Kier molecular flexibility index (Phi) is 4.84. The zero-order chi connectivity index (χ0) is 13.3. The van der Waals surface area contributed by atoms with Gasteiger partial charge in [0.25, 0.3) is 0 Å². The Morgan fingerprint density at radius 3 is 2.24 bits per heavy atom. The van der Waals surface area contributed by atoms with Crippen molar-refractivity contribution in [2.45, 2.75) is 24.9 Å². The summed E-state index contributed by atoms with van der Waals surface area (Å²) in [5, 5.41) is 18.2. The Labute approximate surface area is 95.6 Å². The molecule has 4 atom stereocenters. The van der Waals surface area contributed by atoms with Gasteiger partial charge in [-0.25, -0.2) is 9.13 Å². The smallest absolute Gasteiger partial charge is 0.390 e. The van der Waals surface area contributed by atoms with E-state index in [2.05, 4.69) is 8.83 Å². The highest BCUT2D eigenvalue weighted by molar-refractivity contribution is 7.60. The number of phosphoric ester groups is 1. The molecule has 1 unspecified atom stereocenters. The molecule has 1 fully saturated rings. The topological polar surface area (TPSA) is 163 Å². The molecular weight excluding hydrogens is 282 g/mol. The quantitative estimate of drug-likeness (QED) is 0.384. The lowest BCUT2D eigenvalue weighted by atomic mass is 10.2. The van der Waals surface area contributed by atoms with Gasteiger partial charge in [-0.05, 0) is 0 Å². The Hall–Kier alpha value is 0.140. The molecule has 1 saturated heterocycles. The van der Waals surface area contributed by atoms with E-state index in [0.29, 0.717) is 0 Å². The van der Waals surface area contributed by atoms with E-state index in [0.717, 1.165) is 0 Å². The standard InChI is InChI=1S/C5H12O10P2/c6-3-1-5(7)14-4(3)2-13-17(11,12)15-16(8,9)10/h3-7H,1-2H2,(H,11,12)(H2,8,9,10)/t3-,4+,5-/m0/s1. The number of aliphatic hydroxyl groups is 2. The van der Waals surface area contributed by atoms with Gasteiger partial charge in [-0.15, -0.1) is 0 Å². The highest BCUT2D eigenvalue weighted by Gasteiger charge is 2.37. The minimum atomic E-state index is -5.17. The van der Waals surface area contributed by atoms with E-state index in [1.165, 1.54) is 0 Å². The molecule has 1 aliphatic rings. The molecule has 0 aromatic heterocycles. The lowest BCUT2D eigenvalue weighted by molar-refractivity contribution is -0.106. The normalized spacial score (nSPS) is 33.6. The Bertz CT molecular complexity index is 351. The van der Waals surface area contributed by atoms with Crippen molar-refractivity contribution in [2.24, 2.45) is 0 Å². The minimum absolute atomic E-state index is 0.0941. The van der Waals surface area contributed by atoms with Gasteiger partial charge >= 0.3 is 15.6 Å². The van der Waals surface area contributed by atoms with Crippen molar-refractivity contribution < 1.29 is 47.6 Å². The molecule has 102 valence electrons. The van der Waals surface area contributed by atoms with Crippen molar-refractivity contribution in [3.05, 3.63) is 0 Å². The van der Waals surface area contributed by atoms with E-state index in [1.54, 1.807) is 0 Å².